The molecule has 0 saturated carbocycles. The fraction of sp³-hybridized carbons (Fsp3) is 0.375. The normalized spacial score (nSPS) is 20.1. The number of hydrogen-bond acceptors (Lipinski definition) is 4. The molecule has 3 rings (SSSR count). The van der Waals surface area contributed by atoms with E-state index >= 15 is 0 Å². The van der Waals surface area contributed by atoms with E-state index in [1.165, 1.54) is 0 Å². The van der Waals surface area contributed by atoms with Crippen LogP contribution in [0.3, 0.4) is 0 Å². The number of rotatable bonds is 3. The summed E-state index contributed by atoms with van der Waals surface area (Å²) in [5.74, 6) is 1.48. The number of hydrogen-bond donors (Lipinski definition) is 1. The largest absolute Gasteiger partial charge is 0.489 e. The number of fused-ring (bicyclic) bond motifs is 1. The van der Waals surface area contributed by atoms with Crippen LogP contribution < -0.4 is 9.47 Å². The van der Waals surface area contributed by atoms with Gasteiger partial charge in [0.05, 0.1) is 6.10 Å². The monoisotopic (exact) mass is 290 g/mol. The van der Waals surface area contributed by atoms with Crippen molar-refractivity contribution in [3.8, 4) is 11.5 Å². The van der Waals surface area contributed by atoms with Gasteiger partial charge in [-0.1, -0.05) is 0 Å². The molecule has 4 heteroatoms. The Labute approximate surface area is 122 Å². The molecule has 3 nitrogen and oxygen atoms in total. The van der Waals surface area contributed by atoms with Gasteiger partial charge in [-0.15, -0.1) is 0 Å². The molecule has 1 aromatic heterocycles. The van der Waals surface area contributed by atoms with Crippen molar-refractivity contribution in [2.24, 2.45) is 0 Å². The first kappa shape index (κ1) is 13.5. The lowest BCUT2D eigenvalue weighted by Crippen LogP contribution is -2.34. The minimum Gasteiger partial charge on any atom is -0.489 e. The highest BCUT2D eigenvalue weighted by atomic mass is 32.1. The minimum absolute atomic E-state index is 0.349. The quantitative estimate of drug-likeness (QED) is 0.931. The average molecular weight is 290 g/mol. The maximum atomic E-state index is 10.1. The zero-order valence-corrected chi connectivity index (χ0v) is 12.4. The Bertz CT molecular complexity index is 590. The van der Waals surface area contributed by atoms with Gasteiger partial charge in [0, 0.05) is 18.1 Å². The Morgan fingerprint density at radius 2 is 2.25 bits per heavy atom. The van der Waals surface area contributed by atoms with E-state index in [9.17, 15) is 5.11 Å². The van der Waals surface area contributed by atoms with Gasteiger partial charge in [0.25, 0.3) is 0 Å². The molecule has 0 amide bonds. The molecule has 0 fully saturated rings. The Morgan fingerprint density at radius 3 is 3.00 bits per heavy atom. The molecule has 1 unspecified atom stereocenters. The summed E-state index contributed by atoms with van der Waals surface area (Å²) in [6.45, 7) is 4.52. The fourth-order valence-corrected chi connectivity index (χ4v) is 3.08. The number of thiophene rings is 1. The molecule has 0 bridgehead atoms. The van der Waals surface area contributed by atoms with Crippen LogP contribution in [-0.2, 0) is 6.61 Å². The summed E-state index contributed by atoms with van der Waals surface area (Å²) in [5, 5.41) is 14.3. The summed E-state index contributed by atoms with van der Waals surface area (Å²) < 4.78 is 11.7. The Hall–Kier alpha value is -1.52. The first-order valence-electron chi connectivity index (χ1n) is 6.68. The zero-order valence-electron chi connectivity index (χ0n) is 11.6. The summed E-state index contributed by atoms with van der Waals surface area (Å²) in [6, 6.07) is 7.69. The van der Waals surface area contributed by atoms with Crippen LogP contribution in [0.1, 0.15) is 37.5 Å². The number of aliphatic hydroxyl groups excluding tert-OH is 1. The zero-order chi connectivity index (χ0) is 14.2. The van der Waals surface area contributed by atoms with Gasteiger partial charge in [0.1, 0.15) is 23.7 Å². The summed E-state index contributed by atoms with van der Waals surface area (Å²) >= 11 is 1.66. The molecule has 20 heavy (non-hydrogen) atoms. The van der Waals surface area contributed by atoms with E-state index in [0.29, 0.717) is 13.0 Å². The van der Waals surface area contributed by atoms with Gasteiger partial charge in [0.2, 0.25) is 0 Å². The standard InChI is InChI=1S/C16H18O3S/c1-16(2)8-14(17)13-4-3-12(7-15(13)19-16)18-9-11-5-6-20-10-11/h3-7,10,14,17H,8-9H2,1-2H3. The molecule has 0 saturated heterocycles. The molecule has 1 aliphatic rings. The molecule has 0 spiro atoms. The van der Waals surface area contributed by atoms with Crippen LogP contribution in [0.4, 0.5) is 0 Å². The Morgan fingerprint density at radius 1 is 1.40 bits per heavy atom. The lowest BCUT2D eigenvalue weighted by molar-refractivity contribution is 0.0113. The number of aliphatic hydroxyl groups is 1. The smallest absolute Gasteiger partial charge is 0.129 e. The first-order valence-corrected chi connectivity index (χ1v) is 7.63. The van der Waals surface area contributed by atoms with E-state index in [2.05, 4.69) is 5.38 Å². The molecule has 1 aliphatic heterocycles. The van der Waals surface area contributed by atoms with Crippen molar-refractivity contribution in [1.82, 2.24) is 0 Å². The number of ether oxygens (including phenoxy) is 2. The number of benzene rings is 1. The van der Waals surface area contributed by atoms with Crippen LogP contribution in [-0.4, -0.2) is 10.7 Å². The van der Waals surface area contributed by atoms with Gasteiger partial charge in [-0.25, -0.2) is 0 Å². The third-order valence-electron chi connectivity index (χ3n) is 3.40. The second-order valence-corrected chi connectivity index (χ2v) is 6.48. The van der Waals surface area contributed by atoms with Crippen LogP contribution in [0, 0.1) is 0 Å². The molecular weight excluding hydrogens is 272 g/mol. The van der Waals surface area contributed by atoms with Crippen molar-refractivity contribution in [3.63, 3.8) is 0 Å². The minimum atomic E-state index is -0.473. The highest BCUT2D eigenvalue weighted by Gasteiger charge is 2.32. The van der Waals surface area contributed by atoms with E-state index in [4.69, 9.17) is 9.47 Å². The molecule has 1 N–H and O–H groups in total. The molecular formula is C16H18O3S. The predicted molar refractivity (Wildman–Crippen MR) is 79.4 cm³/mol. The second-order valence-electron chi connectivity index (χ2n) is 5.70. The topological polar surface area (TPSA) is 38.7 Å². The molecule has 1 atom stereocenters. The summed E-state index contributed by atoms with van der Waals surface area (Å²) in [4.78, 5) is 0. The van der Waals surface area contributed by atoms with Gasteiger partial charge >= 0.3 is 0 Å². The highest BCUT2D eigenvalue weighted by molar-refractivity contribution is 7.07. The van der Waals surface area contributed by atoms with Gasteiger partial charge in [-0.2, -0.15) is 11.3 Å². The van der Waals surface area contributed by atoms with Crippen LogP contribution in [0.2, 0.25) is 0 Å². The average Bonchev–Trinajstić information content (AvgIpc) is 2.87. The summed E-state index contributed by atoms with van der Waals surface area (Å²) in [7, 11) is 0. The SMILES string of the molecule is CC1(C)CC(O)c2ccc(OCc3ccsc3)cc2O1. The van der Waals surface area contributed by atoms with Crippen molar-refractivity contribution >= 4 is 11.3 Å². The summed E-state index contributed by atoms with van der Waals surface area (Å²) in [5.41, 5.74) is 1.65. The van der Waals surface area contributed by atoms with E-state index < -0.39 is 6.10 Å². The van der Waals surface area contributed by atoms with Crippen molar-refractivity contribution in [1.29, 1.82) is 0 Å². The maximum absolute atomic E-state index is 10.1. The first-order chi connectivity index (χ1) is 9.53. The van der Waals surface area contributed by atoms with Gasteiger partial charge in [-0.05, 0) is 48.4 Å². The lowest BCUT2D eigenvalue weighted by atomic mass is 9.92. The Kier molecular flexibility index (Phi) is 3.44. The predicted octanol–water partition coefficient (Wildman–Crippen LogP) is 3.92. The van der Waals surface area contributed by atoms with Crippen molar-refractivity contribution in [3.05, 3.63) is 46.2 Å². The third kappa shape index (κ3) is 2.81. The maximum Gasteiger partial charge on any atom is 0.129 e. The Balaban J connectivity index is 1.78. The highest BCUT2D eigenvalue weighted by Crippen LogP contribution is 2.41. The van der Waals surface area contributed by atoms with Crippen molar-refractivity contribution in [2.75, 3.05) is 0 Å². The van der Waals surface area contributed by atoms with Crippen LogP contribution in [0.15, 0.2) is 35.0 Å². The van der Waals surface area contributed by atoms with E-state index in [0.717, 1.165) is 22.6 Å². The van der Waals surface area contributed by atoms with E-state index in [-0.39, 0.29) is 5.60 Å². The van der Waals surface area contributed by atoms with E-state index in [1.807, 2.05) is 43.5 Å². The van der Waals surface area contributed by atoms with Gasteiger partial charge in [-0.3, -0.25) is 0 Å². The molecule has 0 radical (unpaired) electrons. The van der Waals surface area contributed by atoms with Gasteiger partial charge in [0.15, 0.2) is 0 Å². The van der Waals surface area contributed by atoms with Crippen molar-refractivity contribution in [2.45, 2.75) is 38.6 Å². The fourth-order valence-electron chi connectivity index (χ4n) is 2.42. The lowest BCUT2D eigenvalue weighted by Gasteiger charge is -2.35. The van der Waals surface area contributed by atoms with Crippen LogP contribution in [0.5, 0.6) is 11.5 Å². The van der Waals surface area contributed by atoms with Crippen LogP contribution >= 0.6 is 11.3 Å². The molecule has 2 aromatic rings. The third-order valence-corrected chi connectivity index (χ3v) is 4.13. The van der Waals surface area contributed by atoms with E-state index in [1.54, 1.807) is 11.3 Å². The van der Waals surface area contributed by atoms with Gasteiger partial charge < -0.3 is 14.6 Å². The molecule has 0 aliphatic carbocycles. The molecule has 1 aromatic carbocycles. The van der Waals surface area contributed by atoms with Crippen LogP contribution in [0.25, 0.3) is 0 Å². The molecule has 2 heterocycles. The summed E-state index contributed by atoms with van der Waals surface area (Å²) in [6.07, 6.45) is 0.134. The van der Waals surface area contributed by atoms with Crippen molar-refractivity contribution < 1.29 is 14.6 Å². The molecule has 106 valence electrons. The second kappa shape index (κ2) is 5.11.